The van der Waals surface area contributed by atoms with Gasteiger partial charge in [0.25, 0.3) is 0 Å². The number of pyridine rings is 1. The van der Waals surface area contributed by atoms with E-state index in [-0.39, 0.29) is 12.5 Å². The second-order valence-electron chi connectivity index (χ2n) is 7.55. The molecule has 0 bridgehead atoms. The van der Waals surface area contributed by atoms with Gasteiger partial charge in [0.2, 0.25) is 0 Å². The van der Waals surface area contributed by atoms with Crippen LogP contribution in [0.25, 0.3) is 11.1 Å². The molecule has 3 rings (SSSR count). The summed E-state index contributed by atoms with van der Waals surface area (Å²) in [6.45, 7) is 4.01. The molecule has 2 aromatic heterocycles. The van der Waals surface area contributed by atoms with Gasteiger partial charge in [-0.15, -0.1) is 10.2 Å². The van der Waals surface area contributed by atoms with Gasteiger partial charge in [-0.3, -0.25) is 9.78 Å². The van der Waals surface area contributed by atoms with E-state index in [1.54, 1.807) is 6.20 Å². The molecule has 0 saturated carbocycles. The Morgan fingerprint density at radius 2 is 1.83 bits per heavy atom. The Labute approximate surface area is 169 Å². The average molecular weight is 395 g/mol. The smallest absolute Gasteiger partial charge is 0.307 e. The van der Waals surface area contributed by atoms with Crippen LogP contribution in [-0.2, 0) is 17.8 Å². The van der Waals surface area contributed by atoms with Gasteiger partial charge in [-0.05, 0) is 29.5 Å². The number of rotatable bonds is 9. The number of aliphatic hydroxyl groups excluding tert-OH is 1. The van der Waals surface area contributed by atoms with Crippen molar-refractivity contribution in [1.82, 2.24) is 25.6 Å². The summed E-state index contributed by atoms with van der Waals surface area (Å²) in [5, 5.41) is 33.1. The lowest BCUT2D eigenvalue weighted by Gasteiger charge is -2.22. The zero-order valence-corrected chi connectivity index (χ0v) is 16.5. The number of aromatic nitrogens is 5. The molecule has 0 radical (unpaired) electrons. The highest BCUT2D eigenvalue weighted by Gasteiger charge is 2.33. The Hall–Kier alpha value is -3.13. The molecule has 29 heavy (non-hydrogen) atoms. The van der Waals surface area contributed by atoms with Gasteiger partial charge in [0.15, 0.2) is 5.82 Å². The second kappa shape index (κ2) is 9.38. The highest BCUT2D eigenvalue weighted by Crippen LogP contribution is 2.31. The van der Waals surface area contributed by atoms with E-state index < -0.39 is 17.8 Å². The molecule has 1 aromatic carbocycles. The molecule has 2 heterocycles. The average Bonchev–Trinajstić information content (AvgIpc) is 3.25. The Morgan fingerprint density at radius 1 is 1.10 bits per heavy atom. The van der Waals surface area contributed by atoms with Gasteiger partial charge in [0.1, 0.15) is 0 Å². The number of carbonyl (C=O) groups is 1. The van der Waals surface area contributed by atoms with E-state index in [0.29, 0.717) is 18.7 Å². The number of aromatic amines is 1. The molecular formula is C21H25N5O3. The highest BCUT2D eigenvalue weighted by molar-refractivity contribution is 5.71. The summed E-state index contributed by atoms with van der Waals surface area (Å²) >= 11 is 0. The van der Waals surface area contributed by atoms with Crippen molar-refractivity contribution in [2.75, 3.05) is 0 Å². The normalized spacial score (nSPS) is 13.4. The van der Waals surface area contributed by atoms with Gasteiger partial charge in [0, 0.05) is 29.8 Å². The summed E-state index contributed by atoms with van der Waals surface area (Å²) in [7, 11) is 0. The minimum absolute atomic E-state index is 0.00998. The maximum Gasteiger partial charge on any atom is 0.307 e. The number of benzene rings is 1. The van der Waals surface area contributed by atoms with Gasteiger partial charge in [-0.2, -0.15) is 5.21 Å². The van der Waals surface area contributed by atoms with E-state index in [1.165, 1.54) is 0 Å². The molecule has 0 fully saturated rings. The van der Waals surface area contributed by atoms with Crippen molar-refractivity contribution in [3.05, 3.63) is 59.7 Å². The van der Waals surface area contributed by atoms with Gasteiger partial charge >= 0.3 is 5.97 Å². The van der Waals surface area contributed by atoms with Crippen LogP contribution in [0.4, 0.5) is 0 Å². The van der Waals surface area contributed by atoms with Crippen LogP contribution < -0.4 is 0 Å². The lowest BCUT2D eigenvalue weighted by Crippen LogP contribution is -2.26. The SMILES string of the molecule is CC(C)C[C@H](C(=O)O)[C@H](Cc1ccc(-c2ccc(CO)cc2)cn1)c1nn[nH]n1. The van der Waals surface area contributed by atoms with E-state index in [2.05, 4.69) is 25.6 Å². The largest absolute Gasteiger partial charge is 0.481 e. The molecule has 0 amide bonds. The molecule has 0 spiro atoms. The molecule has 0 aliphatic rings. The monoisotopic (exact) mass is 395 g/mol. The van der Waals surface area contributed by atoms with Crippen LogP contribution in [0.15, 0.2) is 42.6 Å². The first-order valence-electron chi connectivity index (χ1n) is 9.59. The molecule has 0 saturated heterocycles. The van der Waals surface area contributed by atoms with Crippen LogP contribution >= 0.6 is 0 Å². The predicted molar refractivity (Wildman–Crippen MR) is 107 cm³/mol. The number of nitrogens with zero attached hydrogens (tertiary/aromatic N) is 4. The molecular weight excluding hydrogens is 370 g/mol. The van der Waals surface area contributed by atoms with Crippen LogP contribution in [-0.4, -0.2) is 41.8 Å². The summed E-state index contributed by atoms with van der Waals surface area (Å²) in [6.07, 6.45) is 2.70. The molecule has 8 heteroatoms. The van der Waals surface area contributed by atoms with Crippen LogP contribution in [0.5, 0.6) is 0 Å². The molecule has 0 unspecified atom stereocenters. The lowest BCUT2D eigenvalue weighted by atomic mass is 9.82. The molecule has 0 aliphatic heterocycles. The van der Waals surface area contributed by atoms with Crippen molar-refractivity contribution in [3.63, 3.8) is 0 Å². The Kier molecular flexibility index (Phi) is 6.66. The summed E-state index contributed by atoms with van der Waals surface area (Å²) in [5.74, 6) is -1.30. The van der Waals surface area contributed by atoms with E-state index in [9.17, 15) is 9.90 Å². The van der Waals surface area contributed by atoms with E-state index in [0.717, 1.165) is 22.4 Å². The van der Waals surface area contributed by atoms with Crippen LogP contribution in [0, 0.1) is 11.8 Å². The Morgan fingerprint density at radius 3 is 2.34 bits per heavy atom. The van der Waals surface area contributed by atoms with Gasteiger partial charge in [-0.1, -0.05) is 49.4 Å². The van der Waals surface area contributed by atoms with Crippen molar-refractivity contribution in [3.8, 4) is 11.1 Å². The van der Waals surface area contributed by atoms with Gasteiger partial charge in [0.05, 0.1) is 12.5 Å². The van der Waals surface area contributed by atoms with Crippen molar-refractivity contribution in [1.29, 1.82) is 0 Å². The van der Waals surface area contributed by atoms with Gasteiger partial charge < -0.3 is 10.2 Å². The summed E-state index contributed by atoms with van der Waals surface area (Å²) in [4.78, 5) is 16.5. The first-order chi connectivity index (χ1) is 14.0. The fourth-order valence-corrected chi connectivity index (χ4v) is 3.43. The molecule has 0 aliphatic carbocycles. The second-order valence-corrected chi connectivity index (χ2v) is 7.55. The summed E-state index contributed by atoms with van der Waals surface area (Å²) < 4.78 is 0. The summed E-state index contributed by atoms with van der Waals surface area (Å²) in [6, 6.07) is 11.5. The highest BCUT2D eigenvalue weighted by atomic mass is 16.4. The minimum atomic E-state index is -0.867. The third kappa shape index (κ3) is 5.23. The van der Waals surface area contributed by atoms with E-state index in [4.69, 9.17) is 5.11 Å². The third-order valence-corrected chi connectivity index (χ3v) is 4.95. The van der Waals surface area contributed by atoms with E-state index in [1.807, 2.05) is 50.2 Å². The number of hydrogen-bond acceptors (Lipinski definition) is 6. The van der Waals surface area contributed by atoms with E-state index >= 15 is 0 Å². The molecule has 152 valence electrons. The van der Waals surface area contributed by atoms with Crippen molar-refractivity contribution < 1.29 is 15.0 Å². The number of carboxylic acid groups (broad SMARTS) is 1. The number of H-pyrrole nitrogens is 1. The topological polar surface area (TPSA) is 125 Å². The first-order valence-corrected chi connectivity index (χ1v) is 9.59. The van der Waals surface area contributed by atoms with Crippen LogP contribution in [0.1, 0.15) is 43.3 Å². The minimum Gasteiger partial charge on any atom is -0.481 e. The zero-order chi connectivity index (χ0) is 20.8. The van der Waals surface area contributed by atoms with Crippen molar-refractivity contribution in [2.45, 2.75) is 39.2 Å². The number of carboxylic acids is 1. The number of nitrogens with one attached hydrogen (secondary N) is 1. The maximum absolute atomic E-state index is 11.9. The number of aliphatic carboxylic acids is 1. The quantitative estimate of drug-likeness (QED) is 0.509. The Balaban J connectivity index is 1.82. The third-order valence-electron chi connectivity index (χ3n) is 4.95. The zero-order valence-electron chi connectivity index (χ0n) is 16.5. The maximum atomic E-state index is 11.9. The Bertz CT molecular complexity index is 909. The van der Waals surface area contributed by atoms with Crippen molar-refractivity contribution >= 4 is 5.97 Å². The van der Waals surface area contributed by atoms with Crippen LogP contribution in [0.3, 0.4) is 0 Å². The molecule has 3 aromatic rings. The standard InChI is InChI=1S/C21H25N5O3/c1-13(2)9-19(21(28)29)18(20-23-25-26-24-20)10-17-8-7-16(11-22-17)15-5-3-14(12-27)4-6-15/h3-8,11,13,18-19,27H,9-10,12H2,1-2H3,(H,28,29)(H,23,24,25,26)/t18-,19-/m0/s1. The van der Waals surface area contributed by atoms with Gasteiger partial charge in [-0.25, -0.2) is 0 Å². The fourth-order valence-electron chi connectivity index (χ4n) is 3.43. The molecule has 8 nitrogen and oxygen atoms in total. The molecule has 3 N–H and O–H groups in total. The lowest BCUT2D eigenvalue weighted by molar-refractivity contribution is -0.143. The number of tetrazole rings is 1. The predicted octanol–water partition coefficient (Wildman–Crippen LogP) is 2.83. The van der Waals surface area contributed by atoms with Crippen LogP contribution in [0.2, 0.25) is 0 Å². The number of aliphatic hydroxyl groups is 1. The first kappa shape index (κ1) is 20.6. The fraction of sp³-hybridized carbons (Fsp3) is 0.381. The van der Waals surface area contributed by atoms with Crippen molar-refractivity contribution in [2.24, 2.45) is 11.8 Å². The molecule has 2 atom stereocenters. The summed E-state index contributed by atoms with van der Waals surface area (Å²) in [5.41, 5.74) is 3.57. The number of hydrogen-bond donors (Lipinski definition) is 3.